The second kappa shape index (κ2) is 4.42. The molecule has 1 aromatic carbocycles. The number of imidazole rings is 1. The fraction of sp³-hybridized carbons (Fsp3) is 0.462. The van der Waals surface area contributed by atoms with Crippen molar-refractivity contribution in [2.45, 2.75) is 39.7 Å². The van der Waals surface area contributed by atoms with Crippen molar-refractivity contribution in [3.8, 4) is 0 Å². The summed E-state index contributed by atoms with van der Waals surface area (Å²) in [5.74, 6) is 0. The highest BCUT2D eigenvalue weighted by molar-refractivity contribution is 7.71. The van der Waals surface area contributed by atoms with Crippen molar-refractivity contribution >= 4 is 23.3 Å². The summed E-state index contributed by atoms with van der Waals surface area (Å²) in [6.45, 7) is 6.55. The summed E-state index contributed by atoms with van der Waals surface area (Å²) < 4.78 is 3.08. The topological polar surface area (TPSA) is 20.7 Å². The number of benzene rings is 1. The van der Waals surface area contributed by atoms with Gasteiger partial charge in [-0.25, -0.2) is 0 Å². The first-order valence-electron chi connectivity index (χ1n) is 5.85. The van der Waals surface area contributed by atoms with E-state index in [1.54, 1.807) is 0 Å². The SMILES string of the molecule is CCCC(C)n1c(=S)[nH]c2c(C)cccc21. The van der Waals surface area contributed by atoms with Crippen LogP contribution in [0.2, 0.25) is 0 Å². The lowest BCUT2D eigenvalue weighted by Crippen LogP contribution is -2.04. The van der Waals surface area contributed by atoms with Crippen LogP contribution in [0.1, 0.15) is 38.3 Å². The molecule has 3 heteroatoms. The van der Waals surface area contributed by atoms with Gasteiger partial charge in [0.1, 0.15) is 0 Å². The molecule has 1 N–H and O–H groups in total. The van der Waals surface area contributed by atoms with E-state index in [9.17, 15) is 0 Å². The van der Waals surface area contributed by atoms with Gasteiger partial charge in [-0.05, 0) is 44.1 Å². The average Bonchev–Trinajstić information content (AvgIpc) is 2.56. The molecule has 0 aliphatic heterocycles. The minimum Gasteiger partial charge on any atom is -0.330 e. The van der Waals surface area contributed by atoms with Crippen molar-refractivity contribution in [2.24, 2.45) is 0 Å². The molecule has 1 heterocycles. The van der Waals surface area contributed by atoms with Gasteiger partial charge >= 0.3 is 0 Å². The highest BCUT2D eigenvalue weighted by Gasteiger charge is 2.10. The number of aromatic amines is 1. The Morgan fingerprint density at radius 1 is 1.44 bits per heavy atom. The molecule has 2 aromatic rings. The Bertz CT molecular complexity index is 551. The maximum absolute atomic E-state index is 5.41. The van der Waals surface area contributed by atoms with Crippen LogP contribution in [0.5, 0.6) is 0 Å². The van der Waals surface area contributed by atoms with Crippen LogP contribution in [0.4, 0.5) is 0 Å². The second-order valence-electron chi connectivity index (χ2n) is 4.41. The van der Waals surface area contributed by atoms with Gasteiger partial charge < -0.3 is 9.55 Å². The van der Waals surface area contributed by atoms with Crippen LogP contribution < -0.4 is 0 Å². The van der Waals surface area contributed by atoms with Crippen LogP contribution in [0.25, 0.3) is 11.0 Å². The molecule has 2 nitrogen and oxygen atoms in total. The second-order valence-corrected chi connectivity index (χ2v) is 4.79. The number of fused-ring (bicyclic) bond motifs is 1. The van der Waals surface area contributed by atoms with Gasteiger partial charge in [0, 0.05) is 6.04 Å². The summed E-state index contributed by atoms with van der Waals surface area (Å²) in [5.41, 5.74) is 3.66. The number of H-pyrrole nitrogens is 1. The van der Waals surface area contributed by atoms with Gasteiger partial charge in [0.05, 0.1) is 11.0 Å². The zero-order valence-electron chi connectivity index (χ0n) is 10.1. The van der Waals surface area contributed by atoms with E-state index in [0.717, 1.165) is 11.2 Å². The van der Waals surface area contributed by atoms with Crippen molar-refractivity contribution < 1.29 is 0 Å². The normalized spacial score (nSPS) is 13.2. The fourth-order valence-corrected chi connectivity index (χ4v) is 2.66. The van der Waals surface area contributed by atoms with Crippen LogP contribution in [0.3, 0.4) is 0 Å². The Morgan fingerprint density at radius 3 is 2.88 bits per heavy atom. The molecule has 16 heavy (non-hydrogen) atoms. The number of hydrogen-bond acceptors (Lipinski definition) is 1. The molecule has 0 saturated carbocycles. The monoisotopic (exact) mass is 234 g/mol. The van der Waals surface area contributed by atoms with Gasteiger partial charge in [-0.2, -0.15) is 0 Å². The molecule has 0 bridgehead atoms. The zero-order valence-corrected chi connectivity index (χ0v) is 10.9. The lowest BCUT2D eigenvalue weighted by Gasteiger charge is -2.13. The van der Waals surface area contributed by atoms with E-state index in [0.29, 0.717) is 6.04 Å². The quantitative estimate of drug-likeness (QED) is 0.782. The van der Waals surface area contributed by atoms with E-state index in [1.807, 2.05) is 0 Å². The first kappa shape index (κ1) is 11.4. The Labute approximate surface area is 101 Å². The fourth-order valence-electron chi connectivity index (χ4n) is 2.28. The molecule has 86 valence electrons. The smallest absolute Gasteiger partial charge is 0.178 e. The molecule has 2 rings (SSSR count). The third-order valence-corrected chi connectivity index (χ3v) is 3.41. The van der Waals surface area contributed by atoms with Gasteiger partial charge in [-0.3, -0.25) is 0 Å². The lowest BCUT2D eigenvalue weighted by atomic mass is 10.1. The maximum Gasteiger partial charge on any atom is 0.178 e. The third kappa shape index (κ3) is 1.80. The molecule has 0 saturated heterocycles. The van der Waals surface area contributed by atoms with Crippen molar-refractivity contribution in [2.75, 3.05) is 0 Å². The van der Waals surface area contributed by atoms with Crippen molar-refractivity contribution in [3.05, 3.63) is 28.5 Å². The number of nitrogens with zero attached hydrogens (tertiary/aromatic N) is 1. The molecule has 0 radical (unpaired) electrons. The molecule has 0 aliphatic carbocycles. The first-order valence-corrected chi connectivity index (χ1v) is 6.25. The highest BCUT2D eigenvalue weighted by atomic mass is 32.1. The summed E-state index contributed by atoms with van der Waals surface area (Å²) in [5, 5.41) is 0. The van der Waals surface area contributed by atoms with E-state index in [4.69, 9.17) is 12.2 Å². The number of hydrogen-bond donors (Lipinski definition) is 1. The molecular formula is C13H18N2S. The van der Waals surface area contributed by atoms with E-state index in [2.05, 4.69) is 48.5 Å². The molecule has 0 amide bonds. The van der Waals surface area contributed by atoms with Crippen LogP contribution >= 0.6 is 12.2 Å². The van der Waals surface area contributed by atoms with E-state index < -0.39 is 0 Å². The summed E-state index contributed by atoms with van der Waals surface area (Å²) >= 11 is 5.41. The lowest BCUT2D eigenvalue weighted by molar-refractivity contribution is 0.507. The van der Waals surface area contributed by atoms with E-state index >= 15 is 0 Å². The summed E-state index contributed by atoms with van der Waals surface area (Å²) in [4.78, 5) is 3.31. The predicted octanol–water partition coefficient (Wildman–Crippen LogP) is 4.37. The minimum absolute atomic E-state index is 0.466. The molecule has 1 atom stereocenters. The number of aryl methyl sites for hydroxylation is 1. The van der Waals surface area contributed by atoms with Gasteiger partial charge in [0.25, 0.3) is 0 Å². The Kier molecular flexibility index (Phi) is 3.15. The third-order valence-electron chi connectivity index (χ3n) is 3.11. The highest BCUT2D eigenvalue weighted by Crippen LogP contribution is 2.23. The summed E-state index contributed by atoms with van der Waals surface area (Å²) in [6, 6.07) is 6.81. The summed E-state index contributed by atoms with van der Waals surface area (Å²) in [6.07, 6.45) is 2.34. The number of rotatable bonds is 3. The first-order chi connectivity index (χ1) is 7.65. The van der Waals surface area contributed by atoms with Crippen molar-refractivity contribution in [1.82, 2.24) is 9.55 Å². The number of nitrogens with one attached hydrogen (secondary N) is 1. The van der Waals surface area contributed by atoms with Crippen LogP contribution in [-0.4, -0.2) is 9.55 Å². The maximum atomic E-state index is 5.41. The van der Waals surface area contributed by atoms with Crippen LogP contribution in [-0.2, 0) is 0 Å². The Hall–Kier alpha value is -1.09. The van der Waals surface area contributed by atoms with Gasteiger partial charge in [-0.1, -0.05) is 25.5 Å². The molecule has 0 spiro atoms. The Morgan fingerprint density at radius 2 is 2.19 bits per heavy atom. The van der Waals surface area contributed by atoms with E-state index in [-0.39, 0.29) is 0 Å². The Balaban J connectivity index is 2.65. The van der Waals surface area contributed by atoms with E-state index in [1.165, 1.54) is 23.0 Å². The standard InChI is InChI=1S/C13H18N2S/c1-4-6-10(3)15-11-8-5-7-9(2)12(11)14-13(15)16/h5,7-8,10H,4,6H2,1-3H3,(H,14,16). The average molecular weight is 234 g/mol. The van der Waals surface area contributed by atoms with Gasteiger partial charge in [0.15, 0.2) is 4.77 Å². The number of aromatic nitrogens is 2. The minimum atomic E-state index is 0.466. The largest absolute Gasteiger partial charge is 0.330 e. The molecule has 0 aliphatic rings. The van der Waals surface area contributed by atoms with Crippen molar-refractivity contribution in [1.29, 1.82) is 0 Å². The van der Waals surface area contributed by atoms with Crippen molar-refractivity contribution in [3.63, 3.8) is 0 Å². The van der Waals surface area contributed by atoms with Gasteiger partial charge in [0.2, 0.25) is 0 Å². The number of para-hydroxylation sites is 1. The zero-order chi connectivity index (χ0) is 11.7. The van der Waals surface area contributed by atoms with Crippen LogP contribution in [0, 0.1) is 11.7 Å². The van der Waals surface area contributed by atoms with Gasteiger partial charge in [-0.15, -0.1) is 0 Å². The molecule has 1 unspecified atom stereocenters. The molecule has 0 fully saturated rings. The summed E-state index contributed by atoms with van der Waals surface area (Å²) in [7, 11) is 0. The van der Waals surface area contributed by atoms with Crippen LogP contribution in [0.15, 0.2) is 18.2 Å². The molecular weight excluding hydrogens is 216 g/mol. The predicted molar refractivity (Wildman–Crippen MR) is 71.5 cm³/mol. The molecule has 1 aromatic heterocycles.